The molecule has 0 radical (unpaired) electrons. The van der Waals surface area contributed by atoms with Crippen LogP contribution in [0.3, 0.4) is 0 Å². The number of benzene rings is 1. The second-order valence-corrected chi connectivity index (χ2v) is 4.10. The van der Waals surface area contributed by atoms with Crippen LogP contribution in [0.5, 0.6) is 11.5 Å². The number of ether oxygens (including phenoxy) is 2. The summed E-state index contributed by atoms with van der Waals surface area (Å²) >= 11 is 0. The highest BCUT2D eigenvalue weighted by Gasteiger charge is 2.12. The van der Waals surface area contributed by atoms with Crippen LogP contribution in [0.25, 0.3) is 0 Å². The molecule has 0 aromatic heterocycles. The van der Waals surface area contributed by atoms with Crippen LogP contribution < -0.4 is 14.8 Å². The average Bonchev–Trinajstić information content (AvgIpc) is 2.30. The molecule has 0 fully saturated rings. The van der Waals surface area contributed by atoms with Crippen molar-refractivity contribution in [2.75, 3.05) is 20.8 Å². The smallest absolute Gasteiger partial charge is 0.161 e. The first kappa shape index (κ1) is 12.8. The lowest BCUT2D eigenvalue weighted by Crippen LogP contribution is -2.36. The molecular formula is C13H21NO2. The van der Waals surface area contributed by atoms with E-state index in [9.17, 15) is 0 Å². The molecule has 0 bridgehead atoms. The molecule has 1 atom stereocenters. The van der Waals surface area contributed by atoms with Gasteiger partial charge in [-0.1, -0.05) is 26.0 Å². The zero-order chi connectivity index (χ0) is 12.0. The van der Waals surface area contributed by atoms with Crippen LogP contribution in [0.1, 0.15) is 13.8 Å². The molecule has 1 aromatic rings. The van der Waals surface area contributed by atoms with Crippen molar-refractivity contribution in [3.8, 4) is 11.5 Å². The molecule has 16 heavy (non-hydrogen) atoms. The minimum Gasteiger partial charge on any atom is -0.493 e. The van der Waals surface area contributed by atoms with Crippen molar-refractivity contribution in [3.05, 3.63) is 24.3 Å². The molecular weight excluding hydrogens is 202 g/mol. The van der Waals surface area contributed by atoms with E-state index in [0.29, 0.717) is 18.6 Å². The molecule has 3 heteroatoms. The normalized spacial score (nSPS) is 12.6. The Morgan fingerprint density at radius 1 is 1.19 bits per heavy atom. The van der Waals surface area contributed by atoms with Gasteiger partial charge in [0, 0.05) is 6.04 Å². The number of hydrogen-bond acceptors (Lipinski definition) is 3. The van der Waals surface area contributed by atoms with Gasteiger partial charge in [-0.05, 0) is 25.1 Å². The van der Waals surface area contributed by atoms with Crippen LogP contribution in [0.2, 0.25) is 0 Å². The summed E-state index contributed by atoms with van der Waals surface area (Å²) in [7, 11) is 3.61. The Labute approximate surface area is 97.8 Å². The van der Waals surface area contributed by atoms with E-state index < -0.39 is 0 Å². The molecule has 3 nitrogen and oxygen atoms in total. The van der Waals surface area contributed by atoms with E-state index in [4.69, 9.17) is 9.47 Å². The van der Waals surface area contributed by atoms with Crippen LogP contribution >= 0.6 is 0 Å². The molecule has 90 valence electrons. The number of para-hydroxylation sites is 2. The Morgan fingerprint density at radius 2 is 1.81 bits per heavy atom. The van der Waals surface area contributed by atoms with Crippen molar-refractivity contribution >= 4 is 0 Å². The number of rotatable bonds is 6. The lowest BCUT2D eigenvalue weighted by molar-refractivity contribution is 0.229. The minimum atomic E-state index is 0.352. The molecule has 0 spiro atoms. The largest absolute Gasteiger partial charge is 0.493 e. The van der Waals surface area contributed by atoms with Crippen LogP contribution in [-0.2, 0) is 0 Å². The first-order valence-electron chi connectivity index (χ1n) is 5.62. The zero-order valence-electron chi connectivity index (χ0n) is 10.5. The van der Waals surface area contributed by atoms with Crippen molar-refractivity contribution in [1.29, 1.82) is 0 Å². The molecule has 1 rings (SSSR count). The van der Waals surface area contributed by atoms with E-state index in [1.807, 2.05) is 31.3 Å². The predicted octanol–water partition coefficient (Wildman–Crippen LogP) is 2.32. The number of methoxy groups -OCH3 is 1. The van der Waals surface area contributed by atoms with Gasteiger partial charge in [-0.15, -0.1) is 0 Å². The Morgan fingerprint density at radius 3 is 2.31 bits per heavy atom. The highest BCUT2D eigenvalue weighted by atomic mass is 16.5. The van der Waals surface area contributed by atoms with Gasteiger partial charge in [-0.25, -0.2) is 0 Å². The van der Waals surface area contributed by atoms with Crippen LogP contribution in [0, 0.1) is 5.92 Å². The fourth-order valence-electron chi connectivity index (χ4n) is 1.53. The standard InChI is InChI=1S/C13H21NO2/c1-10(2)11(14-3)9-16-13-8-6-5-7-12(13)15-4/h5-8,10-11,14H,9H2,1-4H3. The van der Waals surface area contributed by atoms with Crippen molar-refractivity contribution in [1.82, 2.24) is 5.32 Å². The summed E-state index contributed by atoms with van der Waals surface area (Å²) in [5, 5.41) is 3.24. The quantitative estimate of drug-likeness (QED) is 0.803. The minimum absolute atomic E-state index is 0.352. The molecule has 0 heterocycles. The van der Waals surface area contributed by atoms with E-state index in [0.717, 1.165) is 11.5 Å². The van der Waals surface area contributed by atoms with Gasteiger partial charge >= 0.3 is 0 Å². The second kappa shape index (κ2) is 6.38. The molecule has 0 aliphatic rings. The molecule has 1 aromatic carbocycles. The van der Waals surface area contributed by atoms with Gasteiger partial charge in [0.25, 0.3) is 0 Å². The van der Waals surface area contributed by atoms with Crippen LogP contribution in [-0.4, -0.2) is 26.8 Å². The van der Waals surface area contributed by atoms with Crippen molar-refractivity contribution in [3.63, 3.8) is 0 Å². The summed E-state index contributed by atoms with van der Waals surface area (Å²) in [4.78, 5) is 0. The van der Waals surface area contributed by atoms with E-state index in [-0.39, 0.29) is 0 Å². The van der Waals surface area contributed by atoms with Crippen LogP contribution in [0.4, 0.5) is 0 Å². The molecule has 0 saturated carbocycles. The fraction of sp³-hybridized carbons (Fsp3) is 0.538. The molecule has 1 N–H and O–H groups in total. The van der Waals surface area contributed by atoms with Gasteiger partial charge in [-0.3, -0.25) is 0 Å². The van der Waals surface area contributed by atoms with Crippen molar-refractivity contribution in [2.24, 2.45) is 5.92 Å². The summed E-state index contributed by atoms with van der Waals surface area (Å²) in [6.07, 6.45) is 0. The second-order valence-electron chi connectivity index (χ2n) is 4.10. The number of hydrogen-bond donors (Lipinski definition) is 1. The summed E-state index contributed by atoms with van der Waals surface area (Å²) in [6, 6.07) is 8.06. The maximum Gasteiger partial charge on any atom is 0.161 e. The fourth-order valence-corrected chi connectivity index (χ4v) is 1.53. The first-order chi connectivity index (χ1) is 7.69. The van der Waals surface area contributed by atoms with Crippen LogP contribution in [0.15, 0.2) is 24.3 Å². The topological polar surface area (TPSA) is 30.5 Å². The molecule has 0 saturated heterocycles. The maximum atomic E-state index is 5.75. The van der Waals surface area contributed by atoms with E-state index in [1.54, 1.807) is 7.11 Å². The summed E-state index contributed by atoms with van der Waals surface area (Å²) in [5.74, 6) is 2.12. The summed E-state index contributed by atoms with van der Waals surface area (Å²) < 4.78 is 11.0. The van der Waals surface area contributed by atoms with E-state index in [2.05, 4.69) is 19.2 Å². The van der Waals surface area contributed by atoms with Gasteiger partial charge < -0.3 is 14.8 Å². The SMILES string of the molecule is CNC(COc1ccccc1OC)C(C)C. The molecule has 1 unspecified atom stereocenters. The Balaban J connectivity index is 2.59. The number of nitrogens with one attached hydrogen (secondary N) is 1. The van der Waals surface area contributed by atoms with Gasteiger partial charge in [0.1, 0.15) is 6.61 Å². The van der Waals surface area contributed by atoms with Gasteiger partial charge in [0.15, 0.2) is 11.5 Å². The highest BCUT2D eigenvalue weighted by Crippen LogP contribution is 2.26. The van der Waals surface area contributed by atoms with Gasteiger partial charge in [0.2, 0.25) is 0 Å². The third-order valence-corrected chi connectivity index (χ3v) is 2.66. The highest BCUT2D eigenvalue weighted by molar-refractivity contribution is 5.39. The average molecular weight is 223 g/mol. The van der Waals surface area contributed by atoms with Gasteiger partial charge in [0.05, 0.1) is 7.11 Å². The van der Waals surface area contributed by atoms with Crippen molar-refractivity contribution in [2.45, 2.75) is 19.9 Å². The Hall–Kier alpha value is -1.22. The van der Waals surface area contributed by atoms with Gasteiger partial charge in [-0.2, -0.15) is 0 Å². The van der Waals surface area contributed by atoms with E-state index in [1.165, 1.54) is 0 Å². The molecule has 0 aliphatic heterocycles. The summed E-state index contributed by atoms with van der Waals surface area (Å²) in [6.45, 7) is 4.99. The molecule has 0 aliphatic carbocycles. The molecule has 0 amide bonds. The first-order valence-corrected chi connectivity index (χ1v) is 5.62. The van der Waals surface area contributed by atoms with E-state index >= 15 is 0 Å². The predicted molar refractivity (Wildman–Crippen MR) is 66.2 cm³/mol. The van der Waals surface area contributed by atoms with Crippen molar-refractivity contribution < 1.29 is 9.47 Å². The lowest BCUT2D eigenvalue weighted by Gasteiger charge is -2.21. The maximum absolute atomic E-state index is 5.75. The third-order valence-electron chi connectivity index (χ3n) is 2.66. The zero-order valence-corrected chi connectivity index (χ0v) is 10.5. The lowest BCUT2D eigenvalue weighted by atomic mass is 10.1. The Kier molecular flexibility index (Phi) is 5.12. The summed E-state index contributed by atoms with van der Waals surface area (Å²) in [5.41, 5.74) is 0. The monoisotopic (exact) mass is 223 g/mol. The number of likely N-dealkylation sites (N-methyl/N-ethyl adjacent to an activating group) is 1. The Bertz CT molecular complexity index is 313. The third kappa shape index (κ3) is 3.42.